The normalized spacial score (nSPS) is 29.3. The van der Waals surface area contributed by atoms with E-state index in [1.807, 2.05) is 61.2 Å². The van der Waals surface area contributed by atoms with E-state index < -0.39 is 11.1 Å². The average molecular weight is 423 g/mol. The topological polar surface area (TPSA) is 96.4 Å². The standard InChI is InChI=1S/C26H21N3O3/c1-24(2)12-19-21(20(30)13-24)25-18(14-27)23(28)32-26(25,29(19)15-8-4-3-5-9-15)17-11-7-6-10-16(17)22(25)31/h3-11H,12-13,28H2,1-2H3/t25-,26-/m0/s1. The fraction of sp³-hybridized carbons (Fsp3) is 0.269. The molecule has 0 fully saturated rings. The monoisotopic (exact) mass is 423 g/mol. The average Bonchev–Trinajstić information content (AvgIpc) is 3.23. The Bertz CT molecular complexity index is 1350. The summed E-state index contributed by atoms with van der Waals surface area (Å²) in [5, 5.41) is 10.2. The zero-order valence-corrected chi connectivity index (χ0v) is 17.8. The molecule has 0 saturated carbocycles. The molecular weight excluding hydrogens is 402 g/mol. The molecule has 6 rings (SSSR count). The summed E-state index contributed by atoms with van der Waals surface area (Å²) < 4.78 is 6.41. The molecule has 0 spiro atoms. The third-order valence-electron chi connectivity index (χ3n) is 7.20. The van der Waals surface area contributed by atoms with Crippen molar-refractivity contribution in [2.24, 2.45) is 16.6 Å². The first kappa shape index (κ1) is 18.9. The van der Waals surface area contributed by atoms with Crippen molar-refractivity contribution in [1.29, 1.82) is 5.26 Å². The first-order chi connectivity index (χ1) is 15.3. The Hall–Kier alpha value is -3.85. The highest BCUT2D eigenvalue weighted by molar-refractivity contribution is 6.20. The maximum Gasteiger partial charge on any atom is 0.238 e. The number of nitrogens with two attached hydrogens (primary N) is 1. The molecule has 0 aromatic heterocycles. The summed E-state index contributed by atoms with van der Waals surface area (Å²) in [6.45, 7) is 4.09. The number of anilines is 1. The Balaban J connectivity index is 1.80. The molecule has 0 radical (unpaired) electrons. The number of allylic oxidation sites excluding steroid dienone is 1. The van der Waals surface area contributed by atoms with E-state index in [0.29, 0.717) is 23.1 Å². The number of hydrogen-bond acceptors (Lipinski definition) is 6. The minimum atomic E-state index is -1.60. The molecule has 0 amide bonds. The van der Waals surface area contributed by atoms with Crippen molar-refractivity contribution in [3.05, 3.63) is 88.5 Å². The van der Waals surface area contributed by atoms with Gasteiger partial charge in [0, 0.05) is 34.5 Å². The van der Waals surface area contributed by atoms with Crippen LogP contribution in [0.3, 0.4) is 0 Å². The Labute approximate surface area is 185 Å². The number of rotatable bonds is 1. The fourth-order valence-corrected chi connectivity index (χ4v) is 6.23. The van der Waals surface area contributed by atoms with Gasteiger partial charge in [0.15, 0.2) is 17.0 Å². The van der Waals surface area contributed by atoms with Crippen molar-refractivity contribution < 1.29 is 14.3 Å². The fourth-order valence-electron chi connectivity index (χ4n) is 6.23. The highest BCUT2D eigenvalue weighted by atomic mass is 16.5. The molecule has 158 valence electrons. The lowest BCUT2D eigenvalue weighted by atomic mass is 9.64. The van der Waals surface area contributed by atoms with Gasteiger partial charge in [0.1, 0.15) is 11.6 Å². The Morgan fingerprint density at radius 3 is 2.44 bits per heavy atom. The van der Waals surface area contributed by atoms with Gasteiger partial charge in [-0.1, -0.05) is 56.3 Å². The zero-order chi connectivity index (χ0) is 22.5. The number of benzene rings is 2. The van der Waals surface area contributed by atoms with Crippen LogP contribution in [0.2, 0.25) is 0 Å². The molecule has 0 saturated heterocycles. The Morgan fingerprint density at radius 1 is 1.03 bits per heavy atom. The molecule has 2 aliphatic carbocycles. The van der Waals surface area contributed by atoms with Gasteiger partial charge >= 0.3 is 0 Å². The summed E-state index contributed by atoms with van der Waals surface area (Å²) in [7, 11) is 0. The lowest BCUT2D eigenvalue weighted by Gasteiger charge is -2.42. The number of nitriles is 1. The highest BCUT2D eigenvalue weighted by Gasteiger charge is 2.81. The maximum atomic E-state index is 14.2. The van der Waals surface area contributed by atoms with Crippen molar-refractivity contribution in [3.63, 3.8) is 0 Å². The van der Waals surface area contributed by atoms with Crippen molar-refractivity contribution in [3.8, 4) is 6.07 Å². The molecule has 2 aromatic carbocycles. The molecule has 2 atom stereocenters. The van der Waals surface area contributed by atoms with Crippen molar-refractivity contribution in [1.82, 2.24) is 0 Å². The summed E-state index contributed by atoms with van der Waals surface area (Å²) in [5.74, 6) is -0.532. The van der Waals surface area contributed by atoms with E-state index in [1.165, 1.54) is 0 Å². The molecule has 2 heterocycles. The molecule has 2 aliphatic heterocycles. The molecular formula is C26H21N3O3. The van der Waals surface area contributed by atoms with Gasteiger partial charge in [-0.2, -0.15) is 5.26 Å². The Kier molecular flexibility index (Phi) is 3.35. The van der Waals surface area contributed by atoms with E-state index in [-0.39, 0.29) is 34.9 Å². The second-order valence-corrected chi connectivity index (χ2v) is 9.66. The van der Waals surface area contributed by atoms with Crippen LogP contribution < -0.4 is 10.6 Å². The lowest BCUT2D eigenvalue weighted by molar-refractivity contribution is -0.119. The highest BCUT2D eigenvalue weighted by Crippen LogP contribution is 2.72. The van der Waals surface area contributed by atoms with Crippen LogP contribution >= 0.6 is 0 Å². The predicted octanol–water partition coefficient (Wildman–Crippen LogP) is 3.91. The number of para-hydroxylation sites is 1. The molecule has 4 aliphatic rings. The quantitative estimate of drug-likeness (QED) is 0.747. The molecule has 2 N–H and O–H groups in total. The number of ether oxygens (including phenoxy) is 1. The van der Waals surface area contributed by atoms with Crippen LogP contribution in [0.1, 0.15) is 42.6 Å². The maximum absolute atomic E-state index is 14.2. The first-order valence-electron chi connectivity index (χ1n) is 10.7. The first-order valence-corrected chi connectivity index (χ1v) is 10.7. The zero-order valence-electron chi connectivity index (χ0n) is 17.8. The van der Waals surface area contributed by atoms with Gasteiger partial charge in [0.25, 0.3) is 0 Å². The van der Waals surface area contributed by atoms with E-state index in [9.17, 15) is 14.9 Å². The van der Waals surface area contributed by atoms with Gasteiger partial charge in [0.2, 0.25) is 11.6 Å². The van der Waals surface area contributed by atoms with E-state index >= 15 is 0 Å². The lowest BCUT2D eigenvalue weighted by Crippen LogP contribution is -2.52. The van der Waals surface area contributed by atoms with E-state index in [2.05, 4.69) is 6.07 Å². The number of ketones is 2. The predicted molar refractivity (Wildman–Crippen MR) is 117 cm³/mol. The Morgan fingerprint density at radius 2 is 1.72 bits per heavy atom. The third kappa shape index (κ3) is 1.83. The summed E-state index contributed by atoms with van der Waals surface area (Å²) >= 11 is 0. The summed E-state index contributed by atoms with van der Waals surface area (Å²) in [5.41, 5.74) is 5.92. The second kappa shape index (κ2) is 5.68. The molecule has 6 nitrogen and oxygen atoms in total. The van der Waals surface area contributed by atoms with Crippen LogP contribution in [0.15, 0.2) is 77.3 Å². The van der Waals surface area contributed by atoms with Crippen LogP contribution in [-0.2, 0) is 15.3 Å². The van der Waals surface area contributed by atoms with Gasteiger partial charge in [-0.25, -0.2) is 0 Å². The van der Waals surface area contributed by atoms with E-state index in [1.54, 1.807) is 12.1 Å². The van der Waals surface area contributed by atoms with Gasteiger partial charge in [-0.05, 0) is 24.0 Å². The molecule has 2 aromatic rings. The van der Waals surface area contributed by atoms with Crippen LogP contribution in [0.4, 0.5) is 5.69 Å². The van der Waals surface area contributed by atoms with Gasteiger partial charge in [-0.15, -0.1) is 0 Å². The molecule has 0 bridgehead atoms. The SMILES string of the molecule is CC1(C)CC(=O)C2=C(C1)N(c1ccccc1)[C@@]13OC(N)=C(C#N)[C@@]21C(=O)c1ccccc13. The van der Waals surface area contributed by atoms with Crippen molar-refractivity contribution in [2.45, 2.75) is 32.4 Å². The van der Waals surface area contributed by atoms with Crippen molar-refractivity contribution in [2.75, 3.05) is 4.90 Å². The van der Waals surface area contributed by atoms with E-state index in [0.717, 1.165) is 11.4 Å². The summed E-state index contributed by atoms with van der Waals surface area (Å²) in [4.78, 5) is 29.9. The largest absolute Gasteiger partial charge is 0.446 e. The molecule has 6 heteroatoms. The number of carbonyl (C=O) groups excluding carboxylic acids is 2. The van der Waals surface area contributed by atoms with Gasteiger partial charge in [-0.3, -0.25) is 9.59 Å². The van der Waals surface area contributed by atoms with Gasteiger partial charge < -0.3 is 15.4 Å². The van der Waals surface area contributed by atoms with Crippen LogP contribution in [0, 0.1) is 22.2 Å². The number of fused-ring (bicyclic) bond motifs is 1. The van der Waals surface area contributed by atoms with Gasteiger partial charge in [0.05, 0.1) is 0 Å². The minimum Gasteiger partial charge on any atom is -0.446 e. The molecule has 0 unspecified atom stereocenters. The van der Waals surface area contributed by atoms with Crippen molar-refractivity contribution >= 4 is 17.3 Å². The second-order valence-electron chi connectivity index (χ2n) is 9.66. The number of nitrogens with zero attached hydrogens (tertiary/aromatic N) is 2. The summed E-state index contributed by atoms with van der Waals surface area (Å²) in [6.07, 6.45) is 0.860. The third-order valence-corrected chi connectivity index (χ3v) is 7.20. The van der Waals surface area contributed by atoms with Crippen LogP contribution in [0.5, 0.6) is 0 Å². The number of carbonyl (C=O) groups is 2. The summed E-state index contributed by atoms with van der Waals surface area (Å²) in [6, 6.07) is 18.9. The molecule has 32 heavy (non-hydrogen) atoms. The number of Topliss-reactive ketones (excluding diaryl/α,β-unsaturated/α-hetero) is 2. The van der Waals surface area contributed by atoms with E-state index in [4.69, 9.17) is 10.5 Å². The smallest absolute Gasteiger partial charge is 0.238 e. The minimum absolute atomic E-state index is 0.0256. The number of hydrogen-bond donors (Lipinski definition) is 1. The van der Waals surface area contributed by atoms with Crippen LogP contribution in [0.25, 0.3) is 0 Å². The van der Waals surface area contributed by atoms with Crippen LogP contribution in [-0.4, -0.2) is 11.6 Å².